The lowest BCUT2D eigenvalue weighted by molar-refractivity contribution is 0.304. The molecule has 0 nitrogen and oxygen atoms in total. The van der Waals surface area contributed by atoms with Crippen LogP contribution < -0.4 is 0 Å². The lowest BCUT2D eigenvalue weighted by Crippen LogP contribution is -2.23. The van der Waals surface area contributed by atoms with Crippen LogP contribution in [0.1, 0.15) is 49.4 Å². The summed E-state index contributed by atoms with van der Waals surface area (Å²) in [4.78, 5) is 0. The highest BCUT2D eigenvalue weighted by Gasteiger charge is 2.53. The number of fused-ring (bicyclic) bond motifs is 4. The summed E-state index contributed by atoms with van der Waals surface area (Å²) < 4.78 is 0. The van der Waals surface area contributed by atoms with E-state index in [1.165, 1.54) is 34.2 Å². The van der Waals surface area contributed by atoms with E-state index in [1.54, 1.807) is 16.7 Å². The molecule has 3 aliphatic carbocycles. The fraction of sp³-hybridized carbons (Fsp3) is 0.267. The number of benzene rings is 3. The van der Waals surface area contributed by atoms with E-state index in [4.69, 9.17) is 0 Å². The van der Waals surface area contributed by atoms with E-state index in [2.05, 4.69) is 106 Å². The lowest BCUT2D eigenvalue weighted by atomic mass is 9.73. The van der Waals surface area contributed by atoms with Crippen LogP contribution >= 0.6 is 0 Å². The third-order valence-corrected chi connectivity index (χ3v) is 7.83. The van der Waals surface area contributed by atoms with Crippen LogP contribution in [0, 0.1) is 11.3 Å². The number of hydrogen-bond donors (Lipinski definition) is 0. The first kappa shape index (κ1) is 18.0. The van der Waals surface area contributed by atoms with Crippen molar-refractivity contribution in [2.24, 2.45) is 11.3 Å². The van der Waals surface area contributed by atoms with Gasteiger partial charge in [0.1, 0.15) is 0 Å². The predicted octanol–water partition coefficient (Wildman–Crippen LogP) is 7.59. The van der Waals surface area contributed by atoms with Gasteiger partial charge in [-0.1, -0.05) is 111 Å². The van der Waals surface area contributed by atoms with Gasteiger partial charge in [0.15, 0.2) is 0 Å². The van der Waals surface area contributed by atoms with Crippen LogP contribution in [0.25, 0.3) is 16.7 Å². The van der Waals surface area contributed by atoms with Crippen molar-refractivity contribution in [1.29, 1.82) is 0 Å². The molecule has 148 valence electrons. The van der Waals surface area contributed by atoms with Crippen molar-refractivity contribution in [3.05, 3.63) is 113 Å². The van der Waals surface area contributed by atoms with Crippen LogP contribution in [0.4, 0.5) is 0 Å². The van der Waals surface area contributed by atoms with Crippen molar-refractivity contribution in [3.63, 3.8) is 0 Å². The Labute approximate surface area is 180 Å². The molecule has 6 rings (SSSR count). The molecular weight excluding hydrogens is 360 g/mol. The smallest absolute Gasteiger partial charge is 0.0151 e. The van der Waals surface area contributed by atoms with E-state index in [9.17, 15) is 0 Å². The van der Waals surface area contributed by atoms with Gasteiger partial charge < -0.3 is 0 Å². The fourth-order valence-corrected chi connectivity index (χ4v) is 6.58. The summed E-state index contributed by atoms with van der Waals surface area (Å²) in [5.74, 6) is 0.511. The molecule has 2 atom stereocenters. The normalized spacial score (nSPS) is 25.4. The van der Waals surface area contributed by atoms with Crippen molar-refractivity contribution in [2.75, 3.05) is 0 Å². The van der Waals surface area contributed by atoms with E-state index in [-0.39, 0.29) is 10.8 Å². The van der Waals surface area contributed by atoms with Gasteiger partial charge >= 0.3 is 0 Å². The molecule has 30 heavy (non-hydrogen) atoms. The fourth-order valence-electron chi connectivity index (χ4n) is 6.58. The Morgan fingerprint density at radius 3 is 2.33 bits per heavy atom. The summed E-state index contributed by atoms with van der Waals surface area (Å²) in [5.41, 5.74) is 12.1. The maximum Gasteiger partial charge on any atom is 0.0151 e. The van der Waals surface area contributed by atoms with E-state index < -0.39 is 0 Å². The molecule has 0 spiro atoms. The molecule has 3 aromatic carbocycles. The third-order valence-electron chi connectivity index (χ3n) is 7.83. The largest absolute Gasteiger partial charge is 0.0689 e. The predicted molar refractivity (Wildman–Crippen MR) is 126 cm³/mol. The molecule has 1 fully saturated rings. The SMILES string of the molecule is CC1(c2cccc3c2Cc2ccccc2-3)CC(C)(C)C2C=C(c3ccccc3)C=C21. The van der Waals surface area contributed by atoms with E-state index in [0.717, 1.165) is 6.42 Å². The summed E-state index contributed by atoms with van der Waals surface area (Å²) in [6.07, 6.45) is 7.31. The van der Waals surface area contributed by atoms with Crippen LogP contribution in [0.5, 0.6) is 0 Å². The first-order valence-electron chi connectivity index (χ1n) is 11.2. The van der Waals surface area contributed by atoms with Gasteiger partial charge in [-0.3, -0.25) is 0 Å². The highest BCUT2D eigenvalue weighted by atomic mass is 14.6. The van der Waals surface area contributed by atoms with Gasteiger partial charge in [0.25, 0.3) is 0 Å². The maximum absolute atomic E-state index is 2.54. The standard InChI is InChI=1S/C30H28/c1-29(2)19-30(3,28-18-22(17-27(28)29)20-10-5-4-6-11-20)26-15-9-14-24-23-13-8-7-12-21(23)16-25(24)26/h4-15,17-18,27H,16,19H2,1-3H3. The van der Waals surface area contributed by atoms with Crippen molar-refractivity contribution in [1.82, 2.24) is 0 Å². The molecule has 3 aromatic rings. The molecule has 0 radical (unpaired) electrons. The summed E-state index contributed by atoms with van der Waals surface area (Å²) in [5, 5.41) is 0. The van der Waals surface area contributed by atoms with Crippen LogP contribution in [0.15, 0.2) is 90.5 Å². The molecule has 3 aliphatic rings. The minimum Gasteiger partial charge on any atom is -0.0689 e. The number of hydrogen-bond acceptors (Lipinski definition) is 0. The summed E-state index contributed by atoms with van der Waals surface area (Å²) in [6, 6.07) is 26.8. The van der Waals surface area contributed by atoms with Gasteiger partial charge in [0.2, 0.25) is 0 Å². The first-order valence-corrected chi connectivity index (χ1v) is 11.2. The molecule has 1 saturated carbocycles. The van der Waals surface area contributed by atoms with Gasteiger partial charge in [-0.25, -0.2) is 0 Å². The summed E-state index contributed by atoms with van der Waals surface area (Å²) >= 11 is 0. The van der Waals surface area contributed by atoms with Crippen molar-refractivity contribution in [2.45, 2.75) is 39.0 Å². The molecular formula is C30H28. The van der Waals surface area contributed by atoms with Crippen molar-refractivity contribution < 1.29 is 0 Å². The second kappa shape index (κ2) is 6.08. The van der Waals surface area contributed by atoms with Crippen LogP contribution in [-0.2, 0) is 11.8 Å². The molecule has 0 aliphatic heterocycles. The van der Waals surface area contributed by atoms with E-state index >= 15 is 0 Å². The zero-order chi connectivity index (χ0) is 20.5. The summed E-state index contributed by atoms with van der Waals surface area (Å²) in [7, 11) is 0. The summed E-state index contributed by atoms with van der Waals surface area (Å²) in [6.45, 7) is 7.42. The zero-order valence-corrected chi connectivity index (χ0v) is 18.1. The van der Waals surface area contributed by atoms with Crippen LogP contribution in [0.3, 0.4) is 0 Å². The minimum absolute atomic E-state index is 0.0780. The minimum atomic E-state index is 0.0780. The molecule has 0 heterocycles. The molecule has 0 bridgehead atoms. The Morgan fingerprint density at radius 2 is 1.50 bits per heavy atom. The average Bonchev–Trinajstić information content (AvgIpc) is 3.41. The Kier molecular flexibility index (Phi) is 3.64. The van der Waals surface area contributed by atoms with Gasteiger partial charge in [-0.2, -0.15) is 0 Å². The quantitative estimate of drug-likeness (QED) is 0.332. The molecule has 0 aromatic heterocycles. The maximum atomic E-state index is 2.54. The Morgan fingerprint density at radius 1 is 0.767 bits per heavy atom. The van der Waals surface area contributed by atoms with E-state index in [1.807, 2.05) is 0 Å². The van der Waals surface area contributed by atoms with Crippen LogP contribution in [-0.4, -0.2) is 0 Å². The molecule has 0 amide bonds. The topological polar surface area (TPSA) is 0 Å². The van der Waals surface area contributed by atoms with Crippen molar-refractivity contribution in [3.8, 4) is 11.1 Å². The van der Waals surface area contributed by atoms with Crippen molar-refractivity contribution >= 4 is 5.57 Å². The highest BCUT2D eigenvalue weighted by Crippen LogP contribution is 2.62. The van der Waals surface area contributed by atoms with Crippen LogP contribution in [0.2, 0.25) is 0 Å². The second-order valence-electron chi connectivity index (χ2n) is 10.2. The van der Waals surface area contributed by atoms with Gasteiger partial charge in [-0.05, 0) is 57.2 Å². The highest BCUT2D eigenvalue weighted by molar-refractivity contribution is 5.82. The van der Waals surface area contributed by atoms with Gasteiger partial charge in [0, 0.05) is 11.3 Å². The Hall–Kier alpha value is -2.86. The zero-order valence-electron chi connectivity index (χ0n) is 18.1. The Bertz CT molecular complexity index is 1220. The number of allylic oxidation sites excluding steroid dienone is 4. The van der Waals surface area contributed by atoms with Gasteiger partial charge in [-0.15, -0.1) is 0 Å². The lowest BCUT2D eigenvalue weighted by Gasteiger charge is -2.31. The van der Waals surface area contributed by atoms with E-state index in [0.29, 0.717) is 5.92 Å². The molecule has 2 unspecified atom stereocenters. The molecule has 0 N–H and O–H groups in total. The molecule has 0 saturated heterocycles. The average molecular weight is 389 g/mol. The second-order valence-corrected chi connectivity index (χ2v) is 10.2. The van der Waals surface area contributed by atoms with Gasteiger partial charge in [0.05, 0.1) is 0 Å². The first-order chi connectivity index (χ1) is 14.5. The monoisotopic (exact) mass is 388 g/mol. The molecule has 0 heteroatoms. The third kappa shape index (κ3) is 2.40. The number of rotatable bonds is 2. The Balaban J connectivity index is 1.50.